The number of Topliss-reactive ketones (excluding diaryl/α,β-unsaturated/α-hetero) is 1. The normalized spacial score (nSPS) is 43.3. The monoisotopic (exact) mass is 626 g/mol. The molecule has 1 saturated heterocycles. The van der Waals surface area contributed by atoms with Crippen molar-refractivity contribution in [1.29, 1.82) is 0 Å². The van der Waals surface area contributed by atoms with Gasteiger partial charge in [-0.15, -0.1) is 0 Å². The number of carbonyl (C=O) groups is 1. The number of benzene rings is 1. The van der Waals surface area contributed by atoms with E-state index in [4.69, 9.17) is 11.6 Å². The van der Waals surface area contributed by atoms with Gasteiger partial charge in [0.05, 0.1) is 18.3 Å². The van der Waals surface area contributed by atoms with Crippen LogP contribution in [-0.2, 0) is 11.2 Å². The summed E-state index contributed by atoms with van der Waals surface area (Å²) in [4.78, 5) is 19.2. The maximum absolute atomic E-state index is 15.0. The van der Waals surface area contributed by atoms with Crippen LogP contribution in [0.3, 0.4) is 0 Å². The van der Waals surface area contributed by atoms with Gasteiger partial charge >= 0.3 is 0 Å². The van der Waals surface area contributed by atoms with Gasteiger partial charge < -0.3 is 15.3 Å². The third kappa shape index (κ3) is 4.25. The second-order valence-corrected chi connectivity index (χ2v) is 15.9. The number of hydrogen-bond donors (Lipinski definition) is 3. The molecule has 8 atom stereocenters. The van der Waals surface area contributed by atoms with Crippen LogP contribution in [0.4, 0.5) is 4.39 Å². The molecule has 2 bridgehead atoms. The molecule has 7 aliphatic rings. The van der Waals surface area contributed by atoms with Crippen molar-refractivity contribution in [1.82, 2.24) is 9.80 Å². The Kier molecular flexibility index (Phi) is 7.55. The summed E-state index contributed by atoms with van der Waals surface area (Å²) < 4.78 is 15.0. The summed E-state index contributed by atoms with van der Waals surface area (Å²) >= 11 is 6.43. The Balaban J connectivity index is 1.27. The molecule has 1 aromatic rings. The lowest BCUT2D eigenvalue weighted by atomic mass is 9.32. The van der Waals surface area contributed by atoms with Gasteiger partial charge in [0.25, 0.3) is 0 Å². The van der Waals surface area contributed by atoms with E-state index < -0.39 is 33.8 Å². The topological polar surface area (TPSA) is 84.2 Å². The van der Waals surface area contributed by atoms with E-state index in [1.807, 2.05) is 0 Å². The molecule has 1 aliphatic heterocycles. The van der Waals surface area contributed by atoms with Gasteiger partial charge in [0.2, 0.25) is 0 Å². The first-order valence-corrected chi connectivity index (χ1v) is 17.2. The van der Waals surface area contributed by atoms with Crippen molar-refractivity contribution in [2.24, 2.45) is 33.5 Å². The number of aliphatic hydroxyl groups is 3. The Morgan fingerprint density at radius 1 is 1.00 bits per heavy atom. The molecule has 0 aromatic heterocycles. The van der Waals surface area contributed by atoms with Gasteiger partial charge in [0.15, 0.2) is 5.78 Å². The van der Waals surface area contributed by atoms with Crippen molar-refractivity contribution in [3.63, 3.8) is 0 Å². The first kappa shape index (κ1) is 31.0. The molecule has 1 unspecified atom stereocenters. The highest BCUT2D eigenvalue weighted by atomic mass is 35.5. The Morgan fingerprint density at radius 2 is 1.68 bits per heavy atom. The lowest BCUT2D eigenvalue weighted by Crippen LogP contribution is -2.67. The fraction of sp³-hybridized carbons (Fsp3) is 0.694. The van der Waals surface area contributed by atoms with E-state index in [2.05, 4.69) is 41.9 Å². The minimum absolute atomic E-state index is 0.0685. The molecule has 4 fully saturated rings. The maximum Gasteiger partial charge on any atom is 0.164 e. The molecule has 6 nitrogen and oxygen atoms in total. The molecule has 0 amide bonds. The molecule has 2 spiro atoms. The summed E-state index contributed by atoms with van der Waals surface area (Å²) in [6.07, 6.45) is 11.9. The fourth-order valence-electron chi connectivity index (χ4n) is 11.3. The van der Waals surface area contributed by atoms with E-state index in [-0.39, 0.29) is 46.6 Å². The molecule has 6 aliphatic carbocycles. The lowest BCUT2D eigenvalue weighted by Gasteiger charge is -2.71. The highest BCUT2D eigenvalue weighted by Crippen LogP contribution is 2.78. The number of nitrogens with zero attached hydrogens (tertiary/aromatic N) is 2. The molecule has 3 N–H and O–H groups in total. The van der Waals surface area contributed by atoms with Crippen LogP contribution in [0.15, 0.2) is 42.0 Å². The van der Waals surface area contributed by atoms with Crippen LogP contribution in [-0.4, -0.2) is 88.5 Å². The van der Waals surface area contributed by atoms with Crippen LogP contribution in [0.2, 0.25) is 5.02 Å². The van der Waals surface area contributed by atoms with Crippen LogP contribution >= 0.6 is 11.6 Å². The number of halogens is 2. The van der Waals surface area contributed by atoms with Gasteiger partial charge in [0, 0.05) is 78.1 Å². The quantitative estimate of drug-likeness (QED) is 0.378. The van der Waals surface area contributed by atoms with E-state index >= 15 is 0 Å². The maximum atomic E-state index is 15.0. The first-order chi connectivity index (χ1) is 20.9. The van der Waals surface area contributed by atoms with Crippen molar-refractivity contribution >= 4 is 17.4 Å². The Morgan fingerprint density at radius 3 is 2.41 bits per heavy atom. The van der Waals surface area contributed by atoms with E-state index in [1.165, 1.54) is 6.07 Å². The zero-order valence-electron chi connectivity index (χ0n) is 26.2. The van der Waals surface area contributed by atoms with Gasteiger partial charge in [-0.25, -0.2) is 4.39 Å². The molecular formula is C36H48ClFN2O4. The van der Waals surface area contributed by atoms with Gasteiger partial charge in [-0.05, 0) is 74.3 Å². The van der Waals surface area contributed by atoms with E-state index in [1.54, 1.807) is 12.1 Å². The van der Waals surface area contributed by atoms with Crippen molar-refractivity contribution in [2.45, 2.75) is 76.9 Å². The van der Waals surface area contributed by atoms with Crippen LogP contribution < -0.4 is 0 Å². The predicted octanol–water partition coefficient (Wildman–Crippen LogP) is 4.79. The Labute approximate surface area is 265 Å². The zero-order valence-corrected chi connectivity index (χ0v) is 27.0. The zero-order chi connectivity index (χ0) is 31.1. The summed E-state index contributed by atoms with van der Waals surface area (Å²) in [5.41, 5.74) is -1.36. The smallest absolute Gasteiger partial charge is 0.164 e. The van der Waals surface area contributed by atoms with Crippen molar-refractivity contribution in [3.8, 4) is 0 Å². The molecule has 1 aromatic carbocycles. The van der Waals surface area contributed by atoms with Crippen molar-refractivity contribution in [2.75, 3.05) is 45.9 Å². The fourth-order valence-corrected chi connectivity index (χ4v) is 11.5. The third-order valence-corrected chi connectivity index (χ3v) is 14.1. The standard InChI is InChI=1S/C36H48ClFN2O4/c1-32-9-6-24(42)21-34(32)12-13-36(26(22-34)29(43)20-25-27(37)4-3-5-28(25)38)30(32)7-10-33(2)31(36)8-11-35(33,44)23-40-16-14-39(15-17-40)18-19-41/h3-5,12-13,22,24,30-31,41-42,44H,6-11,14-21,23H2,1-2H3/t24?,30-,31-,32-,33+,34+,35-,36-/m1/s1. The number of hydrogen-bond acceptors (Lipinski definition) is 6. The number of carbonyl (C=O) groups excluding carboxylic acids is 1. The minimum Gasteiger partial charge on any atom is -0.395 e. The van der Waals surface area contributed by atoms with Crippen molar-refractivity contribution < 1.29 is 24.5 Å². The number of fused-ring (bicyclic) bond motifs is 1. The lowest BCUT2D eigenvalue weighted by molar-refractivity contribution is -0.179. The molecule has 0 radical (unpaired) electrons. The number of ketones is 1. The molecule has 8 heteroatoms. The van der Waals surface area contributed by atoms with Crippen LogP contribution in [0.25, 0.3) is 0 Å². The largest absolute Gasteiger partial charge is 0.395 e. The summed E-state index contributed by atoms with van der Waals surface area (Å²) in [6, 6.07) is 4.57. The average Bonchev–Trinajstić information content (AvgIpc) is 3.26. The van der Waals surface area contributed by atoms with Gasteiger partial charge in [-0.3, -0.25) is 14.6 Å². The van der Waals surface area contributed by atoms with E-state index in [0.717, 1.165) is 63.9 Å². The number of aliphatic hydroxyl groups excluding tert-OH is 2. The summed E-state index contributed by atoms with van der Waals surface area (Å²) in [5.74, 6) is -0.280. The minimum atomic E-state index is -0.886. The summed E-state index contributed by atoms with van der Waals surface area (Å²) in [7, 11) is 0. The molecule has 1 heterocycles. The van der Waals surface area contributed by atoms with Crippen LogP contribution in [0.1, 0.15) is 64.4 Å². The Hall–Kier alpha value is -1.61. The SMILES string of the molecule is C[C@]12CC[C@H]3[C@]4(C=C[C@@]5(C=C4C(=O)Cc4c(F)cccc4Cl)CC(O)CC[C@]35C)[C@@H]1CC[C@@]2(O)CN1CCN(CCO)CC1. The number of β-amino-alcohol motifs (C(OH)–C–C–N with tert-alkyl or cyclic N) is 2. The molecule has 3 saturated carbocycles. The summed E-state index contributed by atoms with van der Waals surface area (Å²) in [6.45, 7) is 9.62. The van der Waals surface area contributed by atoms with Crippen LogP contribution in [0, 0.1) is 39.3 Å². The number of allylic oxidation sites excluding steroid dienone is 4. The highest BCUT2D eigenvalue weighted by Gasteiger charge is 2.74. The first-order valence-electron chi connectivity index (χ1n) is 16.8. The average molecular weight is 627 g/mol. The highest BCUT2D eigenvalue weighted by molar-refractivity contribution is 6.31. The molecule has 8 rings (SSSR count). The van der Waals surface area contributed by atoms with Gasteiger partial charge in [-0.1, -0.05) is 49.7 Å². The third-order valence-electron chi connectivity index (χ3n) is 13.8. The second kappa shape index (κ2) is 10.7. The molecular weight excluding hydrogens is 579 g/mol. The van der Waals surface area contributed by atoms with E-state index in [9.17, 15) is 24.5 Å². The van der Waals surface area contributed by atoms with Gasteiger partial charge in [0.1, 0.15) is 5.82 Å². The van der Waals surface area contributed by atoms with Crippen LogP contribution in [0.5, 0.6) is 0 Å². The van der Waals surface area contributed by atoms with Gasteiger partial charge in [-0.2, -0.15) is 0 Å². The van der Waals surface area contributed by atoms with E-state index in [0.29, 0.717) is 25.9 Å². The molecule has 44 heavy (non-hydrogen) atoms. The second-order valence-electron chi connectivity index (χ2n) is 15.5. The number of rotatable bonds is 7. The number of piperazine rings is 1. The van der Waals surface area contributed by atoms with Crippen molar-refractivity contribution in [3.05, 3.63) is 58.4 Å². The predicted molar refractivity (Wildman–Crippen MR) is 169 cm³/mol. The Bertz CT molecular complexity index is 1370. The molecule has 240 valence electrons. The summed E-state index contributed by atoms with van der Waals surface area (Å²) in [5, 5.41) is 33.2.